The van der Waals surface area contributed by atoms with E-state index in [4.69, 9.17) is 19.4 Å². The zero-order chi connectivity index (χ0) is 27.7. The lowest BCUT2D eigenvalue weighted by molar-refractivity contribution is -0.659. The van der Waals surface area contributed by atoms with Gasteiger partial charge in [0.05, 0.1) is 5.56 Å². The molecule has 0 aliphatic rings. The third kappa shape index (κ3) is 4.46. The van der Waals surface area contributed by atoms with Crippen molar-refractivity contribution in [3.05, 3.63) is 84.1 Å². The Morgan fingerprint density at radius 1 is 0.692 bits per heavy atom. The third-order valence-electron chi connectivity index (χ3n) is 7.33. The molecule has 0 spiro atoms. The molecule has 3 heterocycles. The minimum atomic E-state index is -0.187. The lowest BCUT2D eigenvalue weighted by Crippen LogP contribution is -2.30. The molecule has 0 unspecified atom stereocenters. The standard InChI is InChI=1S/C34H35N4O/c1-20-15-26-24-14-13-22(30-35-31(33(2,3)4)37-32(36-30)34(5,6)7)17-28(24)39-29(26)18-25(20)27-16-21-11-9-10-12-23(21)19-38(27)8/h9-19H,1-8H3/q+1. The Balaban J connectivity index is 1.50. The minimum absolute atomic E-state index is 0.187. The van der Waals surface area contributed by atoms with E-state index in [-0.39, 0.29) is 10.8 Å². The Labute approximate surface area is 229 Å². The van der Waals surface area contributed by atoms with Crippen LogP contribution in [0.2, 0.25) is 0 Å². The topological polar surface area (TPSA) is 55.7 Å². The van der Waals surface area contributed by atoms with Gasteiger partial charge in [-0.2, -0.15) is 0 Å². The van der Waals surface area contributed by atoms with Crippen molar-refractivity contribution in [1.29, 1.82) is 0 Å². The highest BCUT2D eigenvalue weighted by atomic mass is 16.3. The predicted octanol–water partition coefficient (Wildman–Crippen LogP) is 7.99. The van der Waals surface area contributed by atoms with Crippen molar-refractivity contribution in [3.8, 4) is 22.6 Å². The molecule has 0 aliphatic heterocycles. The van der Waals surface area contributed by atoms with Gasteiger partial charge in [0.1, 0.15) is 29.9 Å². The number of aromatic nitrogens is 4. The number of pyridine rings is 1. The second-order valence-corrected chi connectivity index (χ2v) is 12.7. The molecule has 6 rings (SSSR count). The van der Waals surface area contributed by atoms with E-state index in [0.29, 0.717) is 5.82 Å². The maximum absolute atomic E-state index is 6.47. The molecule has 39 heavy (non-hydrogen) atoms. The van der Waals surface area contributed by atoms with Crippen molar-refractivity contribution >= 4 is 32.7 Å². The summed E-state index contributed by atoms with van der Waals surface area (Å²) in [6.45, 7) is 15.0. The fourth-order valence-corrected chi connectivity index (χ4v) is 5.08. The SMILES string of the molecule is Cc1cc2c(cc1-c1cc3ccccc3c[n+]1C)oc1cc(-c3nc(C(C)(C)C)nc(C(C)(C)C)n3)ccc12. The third-order valence-corrected chi connectivity index (χ3v) is 7.33. The Morgan fingerprint density at radius 2 is 1.33 bits per heavy atom. The van der Waals surface area contributed by atoms with Crippen LogP contribution in [0.1, 0.15) is 58.8 Å². The lowest BCUT2D eigenvalue weighted by Gasteiger charge is -2.22. The normalized spacial score (nSPS) is 12.6. The summed E-state index contributed by atoms with van der Waals surface area (Å²) in [5.74, 6) is 2.28. The van der Waals surface area contributed by atoms with Crippen LogP contribution in [-0.4, -0.2) is 15.0 Å². The molecule has 0 fully saturated rings. The molecule has 3 aromatic carbocycles. The Morgan fingerprint density at radius 3 is 2.00 bits per heavy atom. The van der Waals surface area contributed by atoms with Crippen molar-refractivity contribution in [3.63, 3.8) is 0 Å². The van der Waals surface area contributed by atoms with E-state index in [9.17, 15) is 0 Å². The quantitative estimate of drug-likeness (QED) is 0.219. The van der Waals surface area contributed by atoms with Crippen molar-refractivity contribution in [2.75, 3.05) is 0 Å². The summed E-state index contributed by atoms with van der Waals surface area (Å²) in [6, 6.07) is 21.4. The van der Waals surface area contributed by atoms with Gasteiger partial charge in [0, 0.05) is 38.6 Å². The van der Waals surface area contributed by atoms with E-state index >= 15 is 0 Å². The number of fused-ring (bicyclic) bond motifs is 4. The summed E-state index contributed by atoms with van der Waals surface area (Å²) in [5.41, 5.74) is 5.79. The first-order valence-electron chi connectivity index (χ1n) is 13.5. The molecule has 0 amide bonds. The monoisotopic (exact) mass is 515 g/mol. The second kappa shape index (κ2) is 8.70. The summed E-state index contributed by atoms with van der Waals surface area (Å²) in [6.07, 6.45) is 2.19. The van der Waals surface area contributed by atoms with Crippen LogP contribution in [0.5, 0.6) is 0 Å². The molecule has 5 nitrogen and oxygen atoms in total. The number of rotatable bonds is 2. The highest BCUT2D eigenvalue weighted by Gasteiger charge is 2.26. The van der Waals surface area contributed by atoms with E-state index in [1.807, 2.05) is 0 Å². The van der Waals surface area contributed by atoms with Crippen LogP contribution in [0.25, 0.3) is 55.4 Å². The first kappa shape index (κ1) is 25.2. The van der Waals surface area contributed by atoms with Gasteiger partial charge in [0.15, 0.2) is 12.0 Å². The fourth-order valence-electron chi connectivity index (χ4n) is 5.08. The number of benzene rings is 3. The number of hydrogen-bond acceptors (Lipinski definition) is 4. The van der Waals surface area contributed by atoms with E-state index in [2.05, 4.69) is 127 Å². The van der Waals surface area contributed by atoms with E-state index in [0.717, 1.165) is 50.4 Å². The van der Waals surface area contributed by atoms with Crippen LogP contribution in [0.3, 0.4) is 0 Å². The van der Waals surface area contributed by atoms with Gasteiger partial charge < -0.3 is 4.42 Å². The Hall–Kier alpha value is -4.12. The van der Waals surface area contributed by atoms with Gasteiger partial charge in [0.2, 0.25) is 5.69 Å². The summed E-state index contributed by atoms with van der Waals surface area (Å²) in [7, 11) is 2.10. The lowest BCUT2D eigenvalue weighted by atomic mass is 9.93. The average Bonchev–Trinajstić information content (AvgIpc) is 3.23. The highest BCUT2D eigenvalue weighted by molar-refractivity contribution is 6.07. The van der Waals surface area contributed by atoms with Crippen LogP contribution in [0.4, 0.5) is 0 Å². The van der Waals surface area contributed by atoms with Gasteiger partial charge in [0.25, 0.3) is 0 Å². The van der Waals surface area contributed by atoms with Gasteiger partial charge in [-0.15, -0.1) is 0 Å². The number of nitrogens with zero attached hydrogens (tertiary/aromatic N) is 4. The summed E-state index contributed by atoms with van der Waals surface area (Å²) < 4.78 is 8.67. The molecule has 5 heteroatoms. The molecule has 0 aliphatic carbocycles. The molecule has 0 N–H and O–H groups in total. The van der Waals surface area contributed by atoms with Crippen molar-refractivity contribution in [2.45, 2.75) is 59.3 Å². The van der Waals surface area contributed by atoms with Gasteiger partial charge in [-0.05, 0) is 48.2 Å². The number of hydrogen-bond donors (Lipinski definition) is 0. The molecule has 196 valence electrons. The van der Waals surface area contributed by atoms with Gasteiger partial charge in [-0.1, -0.05) is 65.8 Å². The van der Waals surface area contributed by atoms with Crippen molar-refractivity contribution < 1.29 is 8.98 Å². The summed E-state index contributed by atoms with van der Waals surface area (Å²) in [5, 5.41) is 4.65. The van der Waals surface area contributed by atoms with Crippen LogP contribution >= 0.6 is 0 Å². The Bertz CT molecular complexity index is 1870. The van der Waals surface area contributed by atoms with E-state index in [1.54, 1.807) is 0 Å². The van der Waals surface area contributed by atoms with Crippen LogP contribution in [-0.2, 0) is 17.9 Å². The Kier molecular flexibility index (Phi) is 5.62. The maximum atomic E-state index is 6.47. The van der Waals surface area contributed by atoms with Crippen LogP contribution < -0.4 is 4.57 Å². The largest absolute Gasteiger partial charge is 0.456 e. The highest BCUT2D eigenvalue weighted by Crippen LogP contribution is 2.36. The molecule has 0 radical (unpaired) electrons. The first-order valence-corrected chi connectivity index (χ1v) is 13.5. The van der Waals surface area contributed by atoms with E-state index < -0.39 is 0 Å². The minimum Gasteiger partial charge on any atom is -0.456 e. The van der Waals surface area contributed by atoms with E-state index in [1.165, 1.54) is 16.3 Å². The fraction of sp³-hybridized carbons (Fsp3) is 0.294. The van der Waals surface area contributed by atoms with Crippen molar-refractivity contribution in [1.82, 2.24) is 15.0 Å². The summed E-state index contributed by atoms with van der Waals surface area (Å²) in [4.78, 5) is 14.6. The molecule has 0 bridgehead atoms. The predicted molar refractivity (Wildman–Crippen MR) is 159 cm³/mol. The van der Waals surface area contributed by atoms with Crippen molar-refractivity contribution in [2.24, 2.45) is 7.05 Å². The number of aryl methyl sites for hydroxylation is 2. The first-order chi connectivity index (χ1) is 18.4. The maximum Gasteiger partial charge on any atom is 0.213 e. The molecule has 6 aromatic rings. The molecule has 0 saturated heterocycles. The molecule has 3 aromatic heterocycles. The van der Waals surface area contributed by atoms with Gasteiger partial charge >= 0.3 is 0 Å². The second-order valence-electron chi connectivity index (χ2n) is 12.7. The average molecular weight is 516 g/mol. The molecular formula is C34H35N4O+. The van der Waals surface area contributed by atoms with Gasteiger partial charge in [-0.3, -0.25) is 0 Å². The van der Waals surface area contributed by atoms with Crippen LogP contribution in [0, 0.1) is 6.92 Å². The van der Waals surface area contributed by atoms with Crippen LogP contribution in [0.15, 0.2) is 71.3 Å². The smallest absolute Gasteiger partial charge is 0.213 e. The zero-order valence-electron chi connectivity index (χ0n) is 24.0. The molecule has 0 saturated carbocycles. The summed E-state index contributed by atoms with van der Waals surface area (Å²) >= 11 is 0. The van der Waals surface area contributed by atoms with Gasteiger partial charge in [-0.25, -0.2) is 19.5 Å². The molecular weight excluding hydrogens is 480 g/mol. The number of furan rings is 1. The molecule has 0 atom stereocenters. The zero-order valence-corrected chi connectivity index (χ0v) is 24.0.